The lowest BCUT2D eigenvalue weighted by atomic mass is 9.86. The SMILES string of the molecule is CNC(=O)[C@@H](NC(=O)c1nc(-c2ccncc2Cl)n2c1CN(C)[C@@H](C)CC2)C(C)(C)C. The number of imidazole rings is 1. The molecule has 2 aromatic rings. The number of amides is 2. The van der Waals surface area contributed by atoms with E-state index in [9.17, 15) is 9.59 Å². The van der Waals surface area contributed by atoms with Crippen molar-refractivity contribution in [1.82, 2.24) is 30.1 Å². The molecule has 1 aliphatic heterocycles. The van der Waals surface area contributed by atoms with Crippen molar-refractivity contribution in [2.75, 3.05) is 14.1 Å². The maximum Gasteiger partial charge on any atom is 0.272 e. The minimum absolute atomic E-state index is 0.241. The molecule has 0 saturated carbocycles. The maximum atomic E-state index is 13.4. The fourth-order valence-electron chi connectivity index (χ4n) is 3.78. The van der Waals surface area contributed by atoms with E-state index in [-0.39, 0.29) is 11.8 Å². The molecule has 8 nitrogen and oxygen atoms in total. The van der Waals surface area contributed by atoms with Gasteiger partial charge in [0.05, 0.1) is 10.7 Å². The van der Waals surface area contributed by atoms with Gasteiger partial charge in [-0.1, -0.05) is 32.4 Å². The average molecular weight is 447 g/mol. The number of carbonyl (C=O) groups is 2. The molecule has 0 aromatic carbocycles. The van der Waals surface area contributed by atoms with Crippen molar-refractivity contribution < 1.29 is 9.59 Å². The van der Waals surface area contributed by atoms with Crippen LogP contribution in [0.15, 0.2) is 18.5 Å². The Bertz CT molecular complexity index is 981. The summed E-state index contributed by atoms with van der Waals surface area (Å²) in [6.45, 7) is 9.20. The van der Waals surface area contributed by atoms with Gasteiger partial charge in [-0.3, -0.25) is 19.5 Å². The first-order chi connectivity index (χ1) is 14.5. The van der Waals surface area contributed by atoms with Crippen LogP contribution in [0.4, 0.5) is 0 Å². The number of carbonyl (C=O) groups excluding carboxylic acids is 2. The number of likely N-dealkylation sites (N-methyl/N-ethyl adjacent to an activating group) is 1. The summed E-state index contributed by atoms with van der Waals surface area (Å²) in [5.74, 6) is 0.0308. The molecule has 0 bridgehead atoms. The molecule has 2 aromatic heterocycles. The fraction of sp³-hybridized carbons (Fsp3) is 0.545. The average Bonchev–Trinajstić information content (AvgIpc) is 2.99. The van der Waals surface area contributed by atoms with Crippen LogP contribution in [0.3, 0.4) is 0 Å². The summed E-state index contributed by atoms with van der Waals surface area (Å²) < 4.78 is 2.07. The lowest BCUT2D eigenvalue weighted by molar-refractivity contribution is -0.124. The Morgan fingerprint density at radius 2 is 2.03 bits per heavy atom. The van der Waals surface area contributed by atoms with E-state index < -0.39 is 11.5 Å². The number of rotatable bonds is 4. The van der Waals surface area contributed by atoms with Gasteiger partial charge in [0.2, 0.25) is 5.91 Å². The standard InChI is InChI=1S/C22H31ClN6O2/c1-13-8-10-29-16(12-28(13)6)17(26-19(29)14-7-9-25-11-15(14)23)20(30)27-18(21(31)24-5)22(2,3)4/h7,9,11,13,18H,8,10,12H2,1-6H3,(H,24,31)(H,27,30)/t13-,18+/m0/s1. The van der Waals surface area contributed by atoms with Gasteiger partial charge in [-0.15, -0.1) is 0 Å². The van der Waals surface area contributed by atoms with E-state index in [2.05, 4.69) is 32.0 Å². The quantitative estimate of drug-likeness (QED) is 0.753. The van der Waals surface area contributed by atoms with Crippen LogP contribution in [0.1, 0.15) is 50.3 Å². The summed E-state index contributed by atoms with van der Waals surface area (Å²) in [6, 6.07) is 1.46. The van der Waals surface area contributed by atoms with Crippen LogP contribution >= 0.6 is 11.6 Å². The maximum absolute atomic E-state index is 13.4. The molecular formula is C22H31ClN6O2. The van der Waals surface area contributed by atoms with Crippen LogP contribution in [-0.2, 0) is 17.9 Å². The van der Waals surface area contributed by atoms with Crippen LogP contribution in [0.5, 0.6) is 0 Å². The molecule has 2 atom stereocenters. The van der Waals surface area contributed by atoms with E-state index in [1.807, 2.05) is 27.8 Å². The molecule has 1 aliphatic rings. The van der Waals surface area contributed by atoms with Crippen molar-refractivity contribution in [2.45, 2.75) is 59.3 Å². The first-order valence-electron chi connectivity index (χ1n) is 10.5. The van der Waals surface area contributed by atoms with Gasteiger partial charge in [0.25, 0.3) is 5.91 Å². The largest absolute Gasteiger partial charge is 0.357 e. The second kappa shape index (κ2) is 8.96. The van der Waals surface area contributed by atoms with Gasteiger partial charge in [0.1, 0.15) is 11.9 Å². The third-order valence-corrected chi connectivity index (χ3v) is 6.17. The molecule has 0 saturated heterocycles. The molecule has 2 N–H and O–H groups in total. The number of aromatic nitrogens is 3. The number of hydrogen-bond donors (Lipinski definition) is 2. The molecule has 0 unspecified atom stereocenters. The molecule has 31 heavy (non-hydrogen) atoms. The predicted octanol–water partition coefficient (Wildman–Crippen LogP) is 2.71. The molecule has 3 rings (SSSR count). The van der Waals surface area contributed by atoms with Crippen LogP contribution in [0.2, 0.25) is 5.02 Å². The van der Waals surface area contributed by atoms with Gasteiger partial charge in [0, 0.05) is 44.1 Å². The Labute approximate surface area is 188 Å². The normalized spacial score (nSPS) is 18.1. The lowest BCUT2D eigenvalue weighted by Crippen LogP contribution is -2.53. The molecule has 0 aliphatic carbocycles. The summed E-state index contributed by atoms with van der Waals surface area (Å²) in [6.07, 6.45) is 4.15. The smallest absolute Gasteiger partial charge is 0.272 e. The topological polar surface area (TPSA) is 92.1 Å². The van der Waals surface area contributed by atoms with Gasteiger partial charge in [-0.05, 0) is 31.9 Å². The number of halogens is 1. The van der Waals surface area contributed by atoms with E-state index in [0.29, 0.717) is 35.7 Å². The van der Waals surface area contributed by atoms with Gasteiger partial charge in [-0.25, -0.2) is 4.98 Å². The number of nitrogens with zero attached hydrogens (tertiary/aromatic N) is 4. The highest BCUT2D eigenvalue weighted by atomic mass is 35.5. The van der Waals surface area contributed by atoms with Crippen LogP contribution in [0.25, 0.3) is 11.4 Å². The second-order valence-electron chi connectivity index (χ2n) is 9.18. The third-order valence-electron chi connectivity index (χ3n) is 5.87. The van der Waals surface area contributed by atoms with Crippen LogP contribution in [0, 0.1) is 5.41 Å². The van der Waals surface area contributed by atoms with Crippen LogP contribution in [-0.4, -0.2) is 57.4 Å². The molecule has 2 amide bonds. The summed E-state index contributed by atoms with van der Waals surface area (Å²) in [5, 5.41) is 6.03. The van der Waals surface area contributed by atoms with Crippen molar-refractivity contribution >= 4 is 23.4 Å². The summed E-state index contributed by atoms with van der Waals surface area (Å²) in [4.78, 5) is 36.8. The Morgan fingerprint density at radius 1 is 1.32 bits per heavy atom. The predicted molar refractivity (Wildman–Crippen MR) is 121 cm³/mol. The van der Waals surface area contributed by atoms with Gasteiger partial charge in [0.15, 0.2) is 5.69 Å². The highest BCUT2D eigenvalue weighted by molar-refractivity contribution is 6.33. The Hall–Kier alpha value is -2.45. The molecule has 9 heteroatoms. The molecule has 0 radical (unpaired) electrons. The van der Waals surface area contributed by atoms with Crippen molar-refractivity contribution in [3.05, 3.63) is 34.9 Å². The zero-order valence-electron chi connectivity index (χ0n) is 19.0. The minimum Gasteiger partial charge on any atom is -0.357 e. The van der Waals surface area contributed by atoms with E-state index in [4.69, 9.17) is 16.6 Å². The summed E-state index contributed by atoms with van der Waals surface area (Å²) in [7, 11) is 3.60. The summed E-state index contributed by atoms with van der Waals surface area (Å²) >= 11 is 6.41. The van der Waals surface area contributed by atoms with Crippen molar-refractivity contribution in [3.8, 4) is 11.4 Å². The minimum atomic E-state index is -0.697. The highest BCUT2D eigenvalue weighted by Crippen LogP contribution is 2.31. The Kier molecular flexibility index (Phi) is 6.71. The van der Waals surface area contributed by atoms with Crippen molar-refractivity contribution in [3.63, 3.8) is 0 Å². The number of hydrogen-bond acceptors (Lipinski definition) is 5. The van der Waals surface area contributed by atoms with Crippen molar-refractivity contribution in [1.29, 1.82) is 0 Å². The Balaban J connectivity index is 2.09. The third kappa shape index (κ3) is 4.75. The molecule has 168 valence electrons. The second-order valence-corrected chi connectivity index (χ2v) is 9.58. The number of pyridine rings is 1. The molecule has 0 fully saturated rings. The first-order valence-corrected chi connectivity index (χ1v) is 10.8. The van der Waals surface area contributed by atoms with Crippen molar-refractivity contribution in [2.24, 2.45) is 5.41 Å². The molecule has 3 heterocycles. The summed E-state index contributed by atoms with van der Waals surface area (Å²) in [5.41, 5.74) is 1.40. The van der Waals surface area contributed by atoms with E-state index in [1.54, 1.807) is 25.5 Å². The monoisotopic (exact) mass is 446 g/mol. The highest BCUT2D eigenvalue weighted by Gasteiger charge is 2.35. The zero-order chi connectivity index (χ0) is 22.9. The Morgan fingerprint density at radius 3 is 2.65 bits per heavy atom. The fourth-order valence-corrected chi connectivity index (χ4v) is 3.98. The zero-order valence-corrected chi connectivity index (χ0v) is 19.7. The molecular weight excluding hydrogens is 416 g/mol. The van der Waals surface area contributed by atoms with E-state index >= 15 is 0 Å². The number of nitrogens with one attached hydrogen (secondary N) is 2. The lowest BCUT2D eigenvalue weighted by Gasteiger charge is -2.29. The first kappa shape index (κ1) is 23.2. The van der Waals surface area contributed by atoms with Gasteiger partial charge >= 0.3 is 0 Å². The van der Waals surface area contributed by atoms with Crippen LogP contribution < -0.4 is 10.6 Å². The molecule has 0 spiro atoms. The van der Waals surface area contributed by atoms with Gasteiger partial charge in [-0.2, -0.15) is 0 Å². The van der Waals surface area contributed by atoms with Gasteiger partial charge < -0.3 is 15.2 Å². The number of fused-ring (bicyclic) bond motifs is 1. The van der Waals surface area contributed by atoms with E-state index in [1.165, 1.54) is 0 Å². The van der Waals surface area contributed by atoms with E-state index in [0.717, 1.165) is 17.7 Å².